The molecule has 1 saturated heterocycles. The van der Waals surface area contributed by atoms with Crippen LogP contribution in [0.3, 0.4) is 0 Å². The predicted molar refractivity (Wildman–Crippen MR) is 91.7 cm³/mol. The first kappa shape index (κ1) is 17.6. The highest BCUT2D eigenvalue weighted by atomic mass is 32.2. The van der Waals surface area contributed by atoms with Crippen LogP contribution < -0.4 is 0 Å². The lowest BCUT2D eigenvalue weighted by Gasteiger charge is -2.30. The van der Waals surface area contributed by atoms with E-state index in [9.17, 15) is 13.2 Å². The van der Waals surface area contributed by atoms with Crippen LogP contribution in [0.2, 0.25) is 0 Å². The normalized spacial score (nSPS) is 16.7. The Labute approximate surface area is 147 Å². The van der Waals surface area contributed by atoms with Crippen molar-refractivity contribution in [3.63, 3.8) is 0 Å². The van der Waals surface area contributed by atoms with Crippen molar-refractivity contribution in [3.8, 4) is 5.69 Å². The number of hydrogen-bond donors (Lipinski definition) is 0. The summed E-state index contributed by atoms with van der Waals surface area (Å²) in [7, 11) is -3.56. The van der Waals surface area contributed by atoms with Crippen LogP contribution in [-0.4, -0.2) is 48.2 Å². The van der Waals surface area contributed by atoms with Gasteiger partial charge in [0.15, 0.2) is 0 Å². The largest absolute Gasteiger partial charge is 0.466 e. The zero-order valence-corrected chi connectivity index (χ0v) is 14.9. The third-order valence-corrected chi connectivity index (χ3v) is 6.23. The van der Waals surface area contributed by atoms with Gasteiger partial charge in [0.05, 0.1) is 23.1 Å². The predicted octanol–water partition coefficient (Wildman–Crippen LogP) is 1.84. The molecule has 0 amide bonds. The zero-order chi connectivity index (χ0) is 17.9. The number of ether oxygens (including phenoxy) is 1. The molecule has 1 fully saturated rings. The molecule has 134 valence electrons. The molecule has 1 aromatic carbocycles. The number of sulfonamides is 1. The fraction of sp³-hybridized carbons (Fsp3) is 0.412. The van der Waals surface area contributed by atoms with Crippen LogP contribution >= 0.6 is 0 Å². The minimum atomic E-state index is -3.56. The number of benzene rings is 1. The fourth-order valence-corrected chi connectivity index (χ4v) is 4.40. The van der Waals surface area contributed by atoms with Crippen molar-refractivity contribution < 1.29 is 17.9 Å². The molecule has 0 saturated carbocycles. The second kappa shape index (κ2) is 7.37. The van der Waals surface area contributed by atoms with Gasteiger partial charge in [-0.2, -0.15) is 9.40 Å². The number of carbonyl (C=O) groups is 1. The molecule has 0 radical (unpaired) electrons. The molecule has 3 rings (SSSR count). The van der Waals surface area contributed by atoms with Crippen molar-refractivity contribution in [1.82, 2.24) is 14.1 Å². The molecule has 0 bridgehead atoms. The summed E-state index contributed by atoms with van der Waals surface area (Å²) in [6.07, 6.45) is 4.44. The summed E-state index contributed by atoms with van der Waals surface area (Å²) in [5.74, 6) is -0.447. The van der Waals surface area contributed by atoms with Gasteiger partial charge < -0.3 is 4.74 Å². The van der Waals surface area contributed by atoms with E-state index < -0.39 is 10.0 Å². The van der Waals surface area contributed by atoms with E-state index in [1.54, 1.807) is 54.3 Å². The van der Waals surface area contributed by atoms with Crippen LogP contribution in [-0.2, 0) is 19.6 Å². The van der Waals surface area contributed by atoms with E-state index >= 15 is 0 Å². The SMILES string of the molecule is CCOC(=O)C1CCN(S(=O)(=O)c2ccc(-n3cccn3)cc2)CC1. The number of esters is 1. The molecule has 1 aromatic heterocycles. The number of rotatable bonds is 5. The van der Waals surface area contributed by atoms with E-state index in [1.165, 1.54) is 4.31 Å². The van der Waals surface area contributed by atoms with Crippen molar-refractivity contribution in [1.29, 1.82) is 0 Å². The summed E-state index contributed by atoms with van der Waals surface area (Å²) in [5, 5.41) is 4.12. The molecule has 8 heteroatoms. The maximum absolute atomic E-state index is 12.8. The van der Waals surface area contributed by atoms with Crippen LogP contribution in [0.1, 0.15) is 19.8 Å². The maximum Gasteiger partial charge on any atom is 0.309 e. The van der Waals surface area contributed by atoms with E-state index in [0.29, 0.717) is 32.5 Å². The van der Waals surface area contributed by atoms with Gasteiger partial charge in [-0.25, -0.2) is 13.1 Å². The number of hydrogen-bond acceptors (Lipinski definition) is 5. The number of carbonyl (C=O) groups excluding carboxylic acids is 1. The van der Waals surface area contributed by atoms with E-state index in [0.717, 1.165) is 5.69 Å². The quantitative estimate of drug-likeness (QED) is 0.757. The lowest BCUT2D eigenvalue weighted by molar-refractivity contribution is -0.149. The van der Waals surface area contributed by atoms with Gasteiger partial charge in [0.1, 0.15) is 0 Å². The molecular formula is C17H21N3O4S. The van der Waals surface area contributed by atoms with Crippen LogP contribution in [0.4, 0.5) is 0 Å². The first-order chi connectivity index (χ1) is 12.0. The molecule has 0 spiro atoms. The average molecular weight is 363 g/mol. The Balaban J connectivity index is 1.69. The van der Waals surface area contributed by atoms with Crippen LogP contribution in [0.25, 0.3) is 5.69 Å². The van der Waals surface area contributed by atoms with Gasteiger partial charge >= 0.3 is 5.97 Å². The summed E-state index contributed by atoms with van der Waals surface area (Å²) in [4.78, 5) is 12.0. The Hall–Kier alpha value is -2.19. The van der Waals surface area contributed by atoms with Gasteiger partial charge in [-0.05, 0) is 50.1 Å². The van der Waals surface area contributed by atoms with Crippen molar-refractivity contribution >= 4 is 16.0 Å². The second-order valence-corrected chi connectivity index (χ2v) is 7.81. The summed E-state index contributed by atoms with van der Waals surface area (Å²) >= 11 is 0. The third kappa shape index (κ3) is 3.74. The Morgan fingerprint density at radius 2 is 1.92 bits per heavy atom. The molecule has 7 nitrogen and oxygen atoms in total. The molecule has 0 N–H and O–H groups in total. The minimum absolute atomic E-state index is 0.214. The van der Waals surface area contributed by atoms with E-state index in [-0.39, 0.29) is 16.8 Å². The molecule has 1 aliphatic heterocycles. The van der Waals surface area contributed by atoms with Crippen molar-refractivity contribution in [2.45, 2.75) is 24.7 Å². The van der Waals surface area contributed by atoms with Crippen molar-refractivity contribution in [3.05, 3.63) is 42.7 Å². The first-order valence-electron chi connectivity index (χ1n) is 8.29. The van der Waals surface area contributed by atoms with Gasteiger partial charge in [0, 0.05) is 25.5 Å². The summed E-state index contributed by atoms with van der Waals surface area (Å²) < 4.78 is 33.7. The third-order valence-electron chi connectivity index (χ3n) is 4.32. The first-order valence-corrected chi connectivity index (χ1v) is 9.73. The number of piperidine rings is 1. The van der Waals surface area contributed by atoms with E-state index in [2.05, 4.69) is 5.10 Å². The van der Waals surface area contributed by atoms with Crippen LogP contribution in [0, 0.1) is 5.92 Å². The van der Waals surface area contributed by atoms with Gasteiger partial charge in [-0.15, -0.1) is 0 Å². The summed E-state index contributed by atoms with van der Waals surface area (Å²) in [5.41, 5.74) is 0.796. The highest BCUT2D eigenvalue weighted by Crippen LogP contribution is 2.25. The highest BCUT2D eigenvalue weighted by molar-refractivity contribution is 7.89. The lowest BCUT2D eigenvalue weighted by atomic mass is 9.98. The molecule has 0 unspecified atom stereocenters. The Morgan fingerprint density at radius 3 is 2.48 bits per heavy atom. The molecule has 0 aliphatic carbocycles. The Bertz CT molecular complexity index is 808. The van der Waals surface area contributed by atoms with E-state index in [1.807, 2.05) is 0 Å². The number of aromatic nitrogens is 2. The van der Waals surface area contributed by atoms with Gasteiger partial charge in [-0.3, -0.25) is 4.79 Å². The molecule has 1 aliphatic rings. The average Bonchev–Trinajstić information content (AvgIpc) is 3.17. The molecular weight excluding hydrogens is 342 g/mol. The highest BCUT2D eigenvalue weighted by Gasteiger charge is 2.32. The fourth-order valence-electron chi connectivity index (χ4n) is 2.93. The van der Waals surface area contributed by atoms with Gasteiger partial charge in [-0.1, -0.05) is 0 Å². The molecule has 0 atom stereocenters. The summed E-state index contributed by atoms with van der Waals surface area (Å²) in [6, 6.07) is 8.43. The monoisotopic (exact) mass is 363 g/mol. The smallest absolute Gasteiger partial charge is 0.309 e. The van der Waals surface area contributed by atoms with Crippen molar-refractivity contribution in [2.75, 3.05) is 19.7 Å². The Morgan fingerprint density at radius 1 is 1.24 bits per heavy atom. The topological polar surface area (TPSA) is 81.5 Å². The molecule has 2 aromatic rings. The second-order valence-electron chi connectivity index (χ2n) is 5.87. The van der Waals surface area contributed by atoms with Gasteiger partial charge in [0.25, 0.3) is 0 Å². The van der Waals surface area contributed by atoms with E-state index in [4.69, 9.17) is 4.74 Å². The number of nitrogens with zero attached hydrogens (tertiary/aromatic N) is 3. The van der Waals surface area contributed by atoms with Crippen LogP contribution in [0.15, 0.2) is 47.6 Å². The van der Waals surface area contributed by atoms with Crippen LogP contribution in [0.5, 0.6) is 0 Å². The Kier molecular flexibility index (Phi) is 5.19. The summed E-state index contributed by atoms with van der Waals surface area (Å²) in [6.45, 7) is 2.77. The molecule has 2 heterocycles. The standard InChI is InChI=1S/C17H21N3O4S/c1-2-24-17(21)14-8-12-19(13-9-14)25(22,23)16-6-4-15(5-7-16)20-11-3-10-18-20/h3-7,10-11,14H,2,8-9,12-13H2,1H3. The van der Waals surface area contributed by atoms with Gasteiger partial charge in [0.2, 0.25) is 10.0 Å². The maximum atomic E-state index is 12.8. The minimum Gasteiger partial charge on any atom is -0.466 e. The molecule has 25 heavy (non-hydrogen) atoms. The van der Waals surface area contributed by atoms with Crippen molar-refractivity contribution in [2.24, 2.45) is 5.92 Å². The lowest BCUT2D eigenvalue weighted by Crippen LogP contribution is -2.40. The zero-order valence-electron chi connectivity index (χ0n) is 14.0.